The van der Waals surface area contributed by atoms with Crippen LogP contribution in [0.25, 0.3) is 17.5 Å². The quantitative estimate of drug-likeness (QED) is 0.433. The van der Waals surface area contributed by atoms with Gasteiger partial charge in [-0.3, -0.25) is 0 Å². The molecular weight excluding hydrogens is 371 g/mol. The molecule has 0 aliphatic heterocycles. The highest BCUT2D eigenvalue weighted by Crippen LogP contribution is 2.29. The lowest BCUT2D eigenvalue weighted by atomic mass is 10.1. The van der Waals surface area contributed by atoms with E-state index < -0.39 is 17.7 Å². The van der Waals surface area contributed by atoms with E-state index in [1.807, 2.05) is 30.3 Å². The number of alkyl halides is 3. The van der Waals surface area contributed by atoms with Crippen LogP contribution in [0.4, 0.5) is 13.2 Å². The van der Waals surface area contributed by atoms with Crippen LogP contribution in [0.5, 0.6) is 0 Å². The van der Waals surface area contributed by atoms with Crippen LogP contribution in [-0.2, 0) is 22.3 Å². The van der Waals surface area contributed by atoms with Crippen molar-refractivity contribution in [3.63, 3.8) is 0 Å². The highest BCUT2D eigenvalue weighted by Gasteiger charge is 2.30. The van der Waals surface area contributed by atoms with Gasteiger partial charge in [-0.05, 0) is 42.8 Å². The van der Waals surface area contributed by atoms with Crippen molar-refractivity contribution in [1.29, 1.82) is 0 Å². The molecule has 0 spiro atoms. The number of aromatic nitrogens is 1. The summed E-state index contributed by atoms with van der Waals surface area (Å²) in [4.78, 5) is 16.2. The Morgan fingerprint density at radius 3 is 2.61 bits per heavy atom. The fourth-order valence-electron chi connectivity index (χ4n) is 2.44. The van der Waals surface area contributed by atoms with E-state index in [-0.39, 0.29) is 12.2 Å². The molecule has 0 atom stereocenters. The Kier molecular flexibility index (Phi) is 5.63. The van der Waals surface area contributed by atoms with E-state index in [4.69, 9.17) is 9.15 Å². The van der Waals surface area contributed by atoms with Crippen molar-refractivity contribution in [2.24, 2.45) is 0 Å². The van der Waals surface area contributed by atoms with Gasteiger partial charge in [0.25, 0.3) is 0 Å². The van der Waals surface area contributed by atoms with Gasteiger partial charge in [0, 0.05) is 11.6 Å². The maximum atomic E-state index is 12.7. The number of aryl methyl sites for hydroxylation is 1. The number of hydrogen-bond acceptors (Lipinski definition) is 4. The van der Waals surface area contributed by atoms with Crippen LogP contribution in [0.1, 0.15) is 22.6 Å². The third kappa shape index (κ3) is 4.88. The summed E-state index contributed by atoms with van der Waals surface area (Å²) in [5, 5.41) is 0. The van der Waals surface area contributed by atoms with E-state index in [0.29, 0.717) is 17.3 Å². The SMILES string of the molecule is Cc1oc(-c2ccccc2)nc1COC(=O)C=Cc1cccc(C(F)(F)F)c1. The molecule has 28 heavy (non-hydrogen) atoms. The van der Waals surface area contributed by atoms with Gasteiger partial charge in [-0.15, -0.1) is 0 Å². The number of carbonyl (C=O) groups is 1. The summed E-state index contributed by atoms with van der Waals surface area (Å²) in [5.41, 5.74) is 0.734. The first-order valence-electron chi connectivity index (χ1n) is 8.37. The van der Waals surface area contributed by atoms with Crippen molar-refractivity contribution in [3.05, 3.63) is 83.3 Å². The van der Waals surface area contributed by atoms with Crippen molar-refractivity contribution >= 4 is 12.0 Å². The summed E-state index contributed by atoms with van der Waals surface area (Å²) in [6.45, 7) is 1.61. The second-order valence-electron chi connectivity index (χ2n) is 5.95. The van der Waals surface area contributed by atoms with Crippen LogP contribution in [-0.4, -0.2) is 11.0 Å². The van der Waals surface area contributed by atoms with Crippen LogP contribution >= 0.6 is 0 Å². The molecule has 7 heteroatoms. The normalized spacial score (nSPS) is 11.7. The lowest BCUT2D eigenvalue weighted by molar-refractivity contribution is -0.139. The standard InChI is InChI=1S/C21H16F3NO3/c1-14-18(25-20(28-14)16-7-3-2-4-8-16)13-27-19(26)11-10-15-6-5-9-17(12-15)21(22,23)24/h2-12H,13H2,1H3. The molecule has 2 aromatic carbocycles. The molecule has 0 bridgehead atoms. The Hall–Kier alpha value is -3.35. The Morgan fingerprint density at radius 1 is 1.14 bits per heavy atom. The first-order valence-corrected chi connectivity index (χ1v) is 8.37. The van der Waals surface area contributed by atoms with Crippen molar-refractivity contribution in [2.75, 3.05) is 0 Å². The number of hydrogen-bond donors (Lipinski definition) is 0. The number of halogens is 3. The van der Waals surface area contributed by atoms with Crippen LogP contribution < -0.4 is 0 Å². The molecule has 3 aromatic rings. The molecule has 1 aromatic heterocycles. The number of benzene rings is 2. The monoisotopic (exact) mass is 387 g/mol. The number of ether oxygens (including phenoxy) is 1. The zero-order chi connectivity index (χ0) is 20.1. The molecule has 4 nitrogen and oxygen atoms in total. The smallest absolute Gasteiger partial charge is 0.416 e. The Balaban J connectivity index is 1.62. The van der Waals surface area contributed by atoms with Crippen molar-refractivity contribution in [1.82, 2.24) is 4.98 Å². The van der Waals surface area contributed by atoms with Gasteiger partial charge >= 0.3 is 12.1 Å². The molecule has 0 saturated carbocycles. The number of rotatable bonds is 5. The summed E-state index contributed by atoms with van der Waals surface area (Å²) in [6, 6.07) is 13.9. The van der Waals surface area contributed by atoms with E-state index in [1.165, 1.54) is 18.2 Å². The molecule has 0 saturated heterocycles. The minimum atomic E-state index is -4.44. The van der Waals surface area contributed by atoms with Crippen molar-refractivity contribution in [3.8, 4) is 11.5 Å². The molecule has 0 aliphatic carbocycles. The van der Waals surface area contributed by atoms with E-state index in [0.717, 1.165) is 23.8 Å². The predicted octanol–water partition coefficient (Wildman–Crippen LogP) is 5.43. The van der Waals surface area contributed by atoms with Gasteiger partial charge in [-0.2, -0.15) is 13.2 Å². The van der Waals surface area contributed by atoms with Crippen LogP contribution in [0.15, 0.2) is 65.1 Å². The fourth-order valence-corrected chi connectivity index (χ4v) is 2.44. The first kappa shape index (κ1) is 19.4. The fraction of sp³-hybridized carbons (Fsp3) is 0.143. The van der Waals surface area contributed by atoms with Gasteiger partial charge < -0.3 is 9.15 Å². The molecule has 144 valence electrons. The summed E-state index contributed by atoms with van der Waals surface area (Å²) in [7, 11) is 0. The van der Waals surface area contributed by atoms with Crippen molar-refractivity contribution < 1.29 is 27.1 Å². The van der Waals surface area contributed by atoms with Gasteiger partial charge in [0.05, 0.1) is 5.56 Å². The molecule has 0 radical (unpaired) electrons. The maximum absolute atomic E-state index is 12.7. The molecule has 0 aliphatic rings. The highest BCUT2D eigenvalue weighted by molar-refractivity contribution is 5.87. The lowest BCUT2D eigenvalue weighted by Gasteiger charge is -2.06. The third-order valence-corrected chi connectivity index (χ3v) is 3.89. The van der Waals surface area contributed by atoms with Gasteiger partial charge in [-0.25, -0.2) is 9.78 Å². The minimum absolute atomic E-state index is 0.103. The zero-order valence-electron chi connectivity index (χ0n) is 14.9. The van der Waals surface area contributed by atoms with Gasteiger partial charge in [0.2, 0.25) is 5.89 Å². The molecular formula is C21H16F3NO3. The largest absolute Gasteiger partial charge is 0.456 e. The summed E-state index contributed by atoms with van der Waals surface area (Å²) in [6.07, 6.45) is -2.10. The van der Waals surface area contributed by atoms with Gasteiger partial charge in [0.15, 0.2) is 0 Å². The highest BCUT2D eigenvalue weighted by atomic mass is 19.4. The average Bonchev–Trinajstić information content (AvgIpc) is 3.06. The summed E-state index contributed by atoms with van der Waals surface area (Å²) in [5.74, 6) is 0.248. The van der Waals surface area contributed by atoms with E-state index >= 15 is 0 Å². The molecule has 0 fully saturated rings. The second-order valence-corrected chi connectivity index (χ2v) is 5.95. The van der Waals surface area contributed by atoms with Crippen molar-refractivity contribution in [2.45, 2.75) is 19.7 Å². The Morgan fingerprint density at radius 2 is 1.89 bits per heavy atom. The second kappa shape index (κ2) is 8.12. The molecule has 1 heterocycles. The molecule has 0 amide bonds. The maximum Gasteiger partial charge on any atom is 0.416 e. The van der Waals surface area contributed by atoms with E-state index in [1.54, 1.807) is 6.92 Å². The Labute approximate surface area is 159 Å². The number of nitrogens with zero attached hydrogens (tertiary/aromatic N) is 1. The van der Waals surface area contributed by atoms with E-state index in [2.05, 4.69) is 4.98 Å². The minimum Gasteiger partial charge on any atom is -0.456 e. The summed E-state index contributed by atoms with van der Waals surface area (Å²) >= 11 is 0. The predicted molar refractivity (Wildman–Crippen MR) is 97.0 cm³/mol. The zero-order valence-corrected chi connectivity index (χ0v) is 14.9. The average molecular weight is 387 g/mol. The van der Waals surface area contributed by atoms with E-state index in [9.17, 15) is 18.0 Å². The van der Waals surface area contributed by atoms with Crippen LogP contribution in [0.3, 0.4) is 0 Å². The third-order valence-electron chi connectivity index (χ3n) is 3.89. The van der Waals surface area contributed by atoms with Crippen LogP contribution in [0.2, 0.25) is 0 Å². The van der Waals surface area contributed by atoms with Crippen LogP contribution in [0, 0.1) is 6.92 Å². The van der Waals surface area contributed by atoms with Gasteiger partial charge in [0.1, 0.15) is 18.1 Å². The van der Waals surface area contributed by atoms with Gasteiger partial charge in [-0.1, -0.05) is 30.3 Å². The molecule has 3 rings (SSSR count). The summed E-state index contributed by atoms with van der Waals surface area (Å²) < 4.78 is 48.8. The number of oxazole rings is 1. The molecule has 0 N–H and O–H groups in total. The number of esters is 1. The lowest BCUT2D eigenvalue weighted by Crippen LogP contribution is -2.04. The number of carbonyl (C=O) groups excluding carboxylic acids is 1. The first-order chi connectivity index (χ1) is 13.3. The topological polar surface area (TPSA) is 52.3 Å². The molecule has 0 unspecified atom stereocenters. The Bertz CT molecular complexity index is 992.